The molecule has 9 heteroatoms. The van der Waals surface area contributed by atoms with E-state index in [2.05, 4.69) is 6.08 Å². The standard InChI is InChI=1S/C27H20Cl3N3O3/c28-20-9-4-16(5-10-20)14-18-2-1-3-22-25(18)31-32(26(22)17-6-11-21(29)12-7-17)27(34)19-8-13-23(30)24(15-19)33(35)36/h4-15,22,26H,1-3H2. The molecule has 1 amide bonds. The Labute approximate surface area is 222 Å². The van der Waals surface area contributed by atoms with Gasteiger partial charge in [-0.25, -0.2) is 5.01 Å². The Bertz CT molecular complexity index is 1400. The molecule has 1 saturated carbocycles. The highest BCUT2D eigenvalue weighted by molar-refractivity contribution is 6.32. The SMILES string of the molecule is O=C(c1ccc(Cl)c([N+](=O)[O-])c1)N1N=C2C(=Cc3ccc(Cl)cc3)CCCC2C1c1ccc(Cl)cc1. The Kier molecular flexibility index (Phi) is 6.84. The van der Waals surface area contributed by atoms with E-state index < -0.39 is 10.8 Å². The minimum Gasteiger partial charge on any atom is -0.267 e. The zero-order valence-electron chi connectivity index (χ0n) is 18.9. The van der Waals surface area contributed by atoms with Gasteiger partial charge in [-0.05, 0) is 78.4 Å². The highest BCUT2D eigenvalue weighted by Crippen LogP contribution is 2.45. The molecule has 0 radical (unpaired) electrons. The summed E-state index contributed by atoms with van der Waals surface area (Å²) in [5, 5.41) is 18.9. The number of allylic oxidation sites excluding steroid dienone is 1. The first kappa shape index (κ1) is 24.5. The number of halogens is 3. The van der Waals surface area contributed by atoms with Gasteiger partial charge in [-0.1, -0.05) is 59.1 Å². The molecule has 1 aliphatic carbocycles. The van der Waals surface area contributed by atoms with Crippen molar-refractivity contribution in [2.75, 3.05) is 0 Å². The molecule has 36 heavy (non-hydrogen) atoms. The van der Waals surface area contributed by atoms with Crippen LogP contribution in [0.2, 0.25) is 15.1 Å². The normalized spacial score (nSPS) is 20.2. The number of carbonyl (C=O) groups is 1. The Morgan fingerprint density at radius 1 is 1.00 bits per heavy atom. The molecule has 182 valence electrons. The van der Waals surface area contributed by atoms with Crippen LogP contribution in [0.4, 0.5) is 5.69 Å². The van der Waals surface area contributed by atoms with Crippen molar-refractivity contribution in [1.29, 1.82) is 0 Å². The van der Waals surface area contributed by atoms with Crippen LogP contribution in [0.1, 0.15) is 46.8 Å². The van der Waals surface area contributed by atoms with Gasteiger partial charge >= 0.3 is 0 Å². The molecular weight excluding hydrogens is 521 g/mol. The molecule has 0 bridgehead atoms. The number of carbonyl (C=O) groups excluding carboxylic acids is 1. The molecule has 6 nitrogen and oxygen atoms in total. The third-order valence-electron chi connectivity index (χ3n) is 6.52. The second kappa shape index (κ2) is 10.1. The lowest BCUT2D eigenvalue weighted by Crippen LogP contribution is -2.32. The van der Waals surface area contributed by atoms with Crippen LogP contribution in [0.25, 0.3) is 6.08 Å². The number of amides is 1. The smallest absolute Gasteiger partial charge is 0.267 e. The van der Waals surface area contributed by atoms with Crippen molar-refractivity contribution in [3.63, 3.8) is 0 Å². The molecule has 0 saturated heterocycles. The number of fused-ring (bicyclic) bond motifs is 1. The van der Waals surface area contributed by atoms with Gasteiger partial charge in [0, 0.05) is 27.6 Å². The first-order chi connectivity index (χ1) is 17.3. The van der Waals surface area contributed by atoms with E-state index in [1.165, 1.54) is 23.2 Å². The van der Waals surface area contributed by atoms with E-state index in [0.717, 1.165) is 41.7 Å². The predicted molar refractivity (Wildman–Crippen MR) is 143 cm³/mol. The molecule has 1 aliphatic heterocycles. The third-order valence-corrected chi connectivity index (χ3v) is 7.35. The molecule has 5 rings (SSSR count). The maximum absolute atomic E-state index is 13.7. The lowest BCUT2D eigenvalue weighted by Gasteiger charge is -2.29. The molecule has 3 aromatic carbocycles. The quantitative estimate of drug-likeness (QED) is 0.248. The minimum atomic E-state index is -0.599. The molecule has 2 unspecified atom stereocenters. The van der Waals surface area contributed by atoms with Crippen LogP contribution >= 0.6 is 34.8 Å². The van der Waals surface area contributed by atoms with Gasteiger partial charge in [-0.2, -0.15) is 5.10 Å². The fourth-order valence-electron chi connectivity index (χ4n) is 4.84. The van der Waals surface area contributed by atoms with E-state index in [1.54, 1.807) is 12.1 Å². The molecule has 1 heterocycles. The summed E-state index contributed by atoms with van der Waals surface area (Å²) in [7, 11) is 0. The first-order valence-electron chi connectivity index (χ1n) is 11.4. The summed E-state index contributed by atoms with van der Waals surface area (Å²) in [6, 6.07) is 18.6. The van der Waals surface area contributed by atoms with E-state index in [1.807, 2.05) is 36.4 Å². The van der Waals surface area contributed by atoms with Gasteiger partial charge < -0.3 is 0 Å². The second-order valence-electron chi connectivity index (χ2n) is 8.77. The number of hydrazone groups is 1. The van der Waals surface area contributed by atoms with Crippen molar-refractivity contribution in [1.82, 2.24) is 5.01 Å². The van der Waals surface area contributed by atoms with Crippen molar-refractivity contribution in [3.8, 4) is 0 Å². The Morgan fingerprint density at radius 3 is 2.33 bits per heavy atom. The lowest BCUT2D eigenvalue weighted by molar-refractivity contribution is -0.384. The van der Waals surface area contributed by atoms with Crippen LogP contribution in [0.3, 0.4) is 0 Å². The zero-order valence-corrected chi connectivity index (χ0v) is 21.2. The van der Waals surface area contributed by atoms with Crippen molar-refractivity contribution >= 4 is 58.2 Å². The van der Waals surface area contributed by atoms with Gasteiger partial charge in [-0.3, -0.25) is 14.9 Å². The molecule has 3 aromatic rings. The Balaban J connectivity index is 1.59. The molecule has 1 fully saturated rings. The largest absolute Gasteiger partial charge is 0.288 e. The van der Waals surface area contributed by atoms with Crippen molar-refractivity contribution < 1.29 is 9.72 Å². The number of nitro benzene ring substituents is 1. The topological polar surface area (TPSA) is 75.8 Å². The number of hydrogen-bond donors (Lipinski definition) is 0. The van der Waals surface area contributed by atoms with Crippen molar-refractivity contribution in [2.45, 2.75) is 25.3 Å². The number of hydrogen-bond acceptors (Lipinski definition) is 4. The van der Waals surface area contributed by atoms with Gasteiger partial charge in [0.2, 0.25) is 0 Å². The summed E-state index contributed by atoms with van der Waals surface area (Å²) < 4.78 is 0. The summed E-state index contributed by atoms with van der Waals surface area (Å²) in [6.07, 6.45) is 4.72. The zero-order chi connectivity index (χ0) is 25.4. The summed E-state index contributed by atoms with van der Waals surface area (Å²) in [5.41, 5.74) is 3.64. The maximum Gasteiger partial charge on any atom is 0.288 e. The molecule has 2 atom stereocenters. The number of nitro groups is 1. The first-order valence-corrected chi connectivity index (χ1v) is 12.5. The Morgan fingerprint density at radius 2 is 1.67 bits per heavy atom. The molecular formula is C27H20Cl3N3O3. The second-order valence-corrected chi connectivity index (χ2v) is 10.1. The van der Waals surface area contributed by atoms with E-state index >= 15 is 0 Å². The number of nitrogens with zero attached hydrogens (tertiary/aromatic N) is 3. The van der Waals surface area contributed by atoms with Gasteiger partial charge in [0.25, 0.3) is 11.6 Å². The highest BCUT2D eigenvalue weighted by Gasteiger charge is 2.44. The monoisotopic (exact) mass is 539 g/mol. The molecule has 0 N–H and O–H groups in total. The van der Waals surface area contributed by atoms with Crippen molar-refractivity contribution in [3.05, 3.63) is 114 Å². The summed E-state index contributed by atoms with van der Waals surface area (Å²) in [5.74, 6) is -0.452. The highest BCUT2D eigenvalue weighted by atomic mass is 35.5. The average Bonchev–Trinajstić information content (AvgIpc) is 3.26. The molecule has 0 spiro atoms. The summed E-state index contributed by atoms with van der Waals surface area (Å²) in [6.45, 7) is 0. The van der Waals surface area contributed by atoms with Crippen LogP contribution in [-0.2, 0) is 0 Å². The lowest BCUT2D eigenvalue weighted by atomic mass is 9.77. The van der Waals surface area contributed by atoms with Crippen LogP contribution in [0.5, 0.6) is 0 Å². The summed E-state index contributed by atoms with van der Waals surface area (Å²) in [4.78, 5) is 24.5. The molecule has 2 aliphatic rings. The average molecular weight is 541 g/mol. The van der Waals surface area contributed by atoms with Gasteiger partial charge in [0.05, 0.1) is 16.7 Å². The van der Waals surface area contributed by atoms with Gasteiger partial charge in [0.15, 0.2) is 0 Å². The summed E-state index contributed by atoms with van der Waals surface area (Å²) >= 11 is 18.2. The third kappa shape index (κ3) is 4.76. The van der Waals surface area contributed by atoms with E-state index in [0.29, 0.717) is 10.0 Å². The van der Waals surface area contributed by atoms with Gasteiger partial charge in [0.1, 0.15) is 5.02 Å². The predicted octanol–water partition coefficient (Wildman–Crippen LogP) is 7.99. The van der Waals surface area contributed by atoms with Crippen LogP contribution in [0, 0.1) is 16.0 Å². The number of rotatable bonds is 4. The van der Waals surface area contributed by atoms with Crippen molar-refractivity contribution in [2.24, 2.45) is 11.0 Å². The van der Waals surface area contributed by atoms with E-state index in [9.17, 15) is 14.9 Å². The Hall–Kier alpha value is -3.19. The maximum atomic E-state index is 13.7. The van der Waals surface area contributed by atoms with E-state index in [-0.39, 0.29) is 28.2 Å². The fraction of sp³-hybridized carbons (Fsp3) is 0.185. The van der Waals surface area contributed by atoms with Crippen LogP contribution < -0.4 is 0 Å². The fourth-order valence-corrected chi connectivity index (χ4v) is 5.28. The van der Waals surface area contributed by atoms with Crippen LogP contribution in [0.15, 0.2) is 77.4 Å². The number of benzene rings is 3. The minimum absolute atomic E-state index is 0.0234. The van der Waals surface area contributed by atoms with Gasteiger partial charge in [-0.15, -0.1) is 0 Å². The van der Waals surface area contributed by atoms with Crippen LogP contribution in [-0.4, -0.2) is 21.6 Å². The van der Waals surface area contributed by atoms with E-state index in [4.69, 9.17) is 39.9 Å². The molecule has 0 aromatic heterocycles.